The van der Waals surface area contributed by atoms with Gasteiger partial charge in [0.25, 0.3) is 0 Å². The van der Waals surface area contributed by atoms with Crippen LogP contribution in [0.15, 0.2) is 30.3 Å². The molecular weight excluding hydrogens is 246 g/mol. The fourth-order valence-corrected chi connectivity index (χ4v) is 2.95. The first-order valence-corrected chi connectivity index (χ1v) is 6.51. The molecule has 0 radical (unpaired) electrons. The van der Waals surface area contributed by atoms with Gasteiger partial charge in [0.2, 0.25) is 0 Å². The van der Waals surface area contributed by atoms with Gasteiger partial charge in [0.15, 0.2) is 0 Å². The zero-order valence-electron chi connectivity index (χ0n) is 10.5. The van der Waals surface area contributed by atoms with Gasteiger partial charge >= 0.3 is 0 Å². The quantitative estimate of drug-likeness (QED) is 0.776. The van der Waals surface area contributed by atoms with E-state index in [-0.39, 0.29) is 11.6 Å². The van der Waals surface area contributed by atoms with E-state index < -0.39 is 0 Å². The Morgan fingerprint density at radius 3 is 2.67 bits per heavy atom. The van der Waals surface area contributed by atoms with Gasteiger partial charge in [-0.25, -0.2) is 0 Å². The molecule has 1 atom stereocenters. The molecule has 3 rings (SSSR count). The predicted octanol–water partition coefficient (Wildman–Crippen LogP) is 4.05. The summed E-state index contributed by atoms with van der Waals surface area (Å²) in [5, 5.41) is 2.80. The Kier molecular flexibility index (Phi) is 2.54. The fraction of sp³-hybridized carbons (Fsp3) is 0.333. The monoisotopic (exact) mass is 261 g/mol. The zero-order chi connectivity index (χ0) is 12.9. The largest absolute Gasteiger partial charge is 0.487 e. The highest BCUT2D eigenvalue weighted by molar-refractivity contribution is 6.36. The second-order valence-corrected chi connectivity index (χ2v) is 5.90. The van der Waals surface area contributed by atoms with Gasteiger partial charge in [-0.15, -0.1) is 0 Å². The maximum absolute atomic E-state index is 6.32. The molecule has 0 aromatic heterocycles. The van der Waals surface area contributed by atoms with E-state index >= 15 is 0 Å². The molecule has 2 nitrogen and oxygen atoms in total. The van der Waals surface area contributed by atoms with Gasteiger partial charge in [0.1, 0.15) is 11.4 Å². The lowest BCUT2D eigenvalue weighted by molar-refractivity contribution is 0.0750. The van der Waals surface area contributed by atoms with Crippen LogP contribution in [0.1, 0.15) is 31.9 Å². The first-order chi connectivity index (χ1) is 8.48. The van der Waals surface area contributed by atoms with E-state index in [0.717, 1.165) is 33.5 Å². The van der Waals surface area contributed by atoms with Crippen LogP contribution in [0.4, 0.5) is 0 Å². The van der Waals surface area contributed by atoms with Crippen LogP contribution in [0.3, 0.4) is 0 Å². The second-order valence-electron chi connectivity index (χ2n) is 5.49. The van der Waals surface area contributed by atoms with Crippen molar-refractivity contribution in [3.8, 4) is 5.75 Å². The normalized spacial score (nSPS) is 21.4. The fourth-order valence-electron chi connectivity index (χ4n) is 2.67. The third-order valence-electron chi connectivity index (χ3n) is 3.46. The first-order valence-electron chi connectivity index (χ1n) is 6.14. The number of nitrogens with two attached hydrogens (primary N) is 1. The molecule has 0 saturated carbocycles. The Bertz CT molecular complexity index is 621. The molecule has 0 spiro atoms. The highest BCUT2D eigenvalue weighted by Crippen LogP contribution is 2.44. The van der Waals surface area contributed by atoms with Gasteiger partial charge in [-0.1, -0.05) is 35.9 Å². The second kappa shape index (κ2) is 3.87. The molecule has 18 heavy (non-hydrogen) atoms. The molecule has 0 amide bonds. The van der Waals surface area contributed by atoms with Crippen LogP contribution in [0.25, 0.3) is 10.8 Å². The number of hydrogen-bond donors (Lipinski definition) is 1. The Balaban J connectivity index is 2.34. The topological polar surface area (TPSA) is 35.2 Å². The third kappa shape index (κ3) is 1.76. The van der Waals surface area contributed by atoms with Gasteiger partial charge < -0.3 is 10.5 Å². The molecule has 94 valence electrons. The standard InChI is InChI=1S/C15H16ClNO/c1-15(2)8-13(17)11-7-12(16)9-5-3-4-6-10(9)14(11)18-15/h3-7,13H,8,17H2,1-2H3. The van der Waals surface area contributed by atoms with Gasteiger partial charge in [-0.05, 0) is 19.9 Å². The Morgan fingerprint density at radius 1 is 1.28 bits per heavy atom. The summed E-state index contributed by atoms with van der Waals surface area (Å²) in [6.45, 7) is 4.14. The molecule has 1 heterocycles. The summed E-state index contributed by atoms with van der Waals surface area (Å²) in [7, 11) is 0. The van der Waals surface area contributed by atoms with E-state index in [1.165, 1.54) is 0 Å². The van der Waals surface area contributed by atoms with Crippen molar-refractivity contribution in [3.63, 3.8) is 0 Å². The van der Waals surface area contributed by atoms with E-state index in [4.69, 9.17) is 22.1 Å². The Morgan fingerprint density at radius 2 is 1.94 bits per heavy atom. The number of ether oxygens (including phenoxy) is 1. The summed E-state index contributed by atoms with van der Waals surface area (Å²) in [6, 6.07) is 9.94. The predicted molar refractivity (Wildman–Crippen MR) is 75.2 cm³/mol. The van der Waals surface area contributed by atoms with Gasteiger partial charge in [-0.3, -0.25) is 0 Å². The van der Waals surface area contributed by atoms with E-state index in [0.29, 0.717) is 0 Å². The summed E-state index contributed by atoms with van der Waals surface area (Å²) in [4.78, 5) is 0. The molecule has 0 aliphatic carbocycles. The molecule has 3 heteroatoms. The average molecular weight is 262 g/mol. The Labute approximate surface area is 112 Å². The molecule has 0 bridgehead atoms. The average Bonchev–Trinajstić information content (AvgIpc) is 2.31. The van der Waals surface area contributed by atoms with Crippen LogP contribution in [-0.4, -0.2) is 5.60 Å². The smallest absolute Gasteiger partial charge is 0.132 e. The van der Waals surface area contributed by atoms with Crippen molar-refractivity contribution in [3.05, 3.63) is 40.9 Å². The van der Waals surface area contributed by atoms with Gasteiger partial charge in [-0.2, -0.15) is 0 Å². The van der Waals surface area contributed by atoms with Crippen molar-refractivity contribution in [2.24, 2.45) is 5.73 Å². The summed E-state index contributed by atoms with van der Waals surface area (Å²) < 4.78 is 6.12. The summed E-state index contributed by atoms with van der Waals surface area (Å²) in [6.07, 6.45) is 0.800. The van der Waals surface area contributed by atoms with Crippen LogP contribution in [0, 0.1) is 0 Å². The first kappa shape index (κ1) is 11.8. The van der Waals surface area contributed by atoms with Crippen molar-refractivity contribution in [2.45, 2.75) is 31.9 Å². The van der Waals surface area contributed by atoms with Crippen LogP contribution in [0.5, 0.6) is 5.75 Å². The van der Waals surface area contributed by atoms with Crippen molar-refractivity contribution < 1.29 is 4.74 Å². The van der Waals surface area contributed by atoms with Gasteiger partial charge in [0, 0.05) is 33.8 Å². The molecule has 1 aliphatic rings. The van der Waals surface area contributed by atoms with Crippen LogP contribution in [-0.2, 0) is 0 Å². The minimum atomic E-state index is -0.233. The lowest BCUT2D eigenvalue weighted by Crippen LogP contribution is -2.37. The number of benzene rings is 2. The van der Waals surface area contributed by atoms with Crippen molar-refractivity contribution >= 4 is 22.4 Å². The molecular formula is C15H16ClNO. The summed E-state index contributed by atoms with van der Waals surface area (Å²) in [5.74, 6) is 0.888. The highest BCUT2D eigenvalue weighted by Gasteiger charge is 2.33. The molecule has 1 unspecified atom stereocenters. The van der Waals surface area contributed by atoms with E-state index in [1.54, 1.807) is 0 Å². The SMILES string of the molecule is CC1(C)CC(N)c2cc(Cl)c3ccccc3c2O1. The number of rotatable bonds is 0. The molecule has 2 N–H and O–H groups in total. The van der Waals surface area contributed by atoms with Crippen molar-refractivity contribution in [2.75, 3.05) is 0 Å². The van der Waals surface area contributed by atoms with Crippen LogP contribution >= 0.6 is 11.6 Å². The van der Waals surface area contributed by atoms with Crippen molar-refractivity contribution in [1.82, 2.24) is 0 Å². The number of hydrogen-bond acceptors (Lipinski definition) is 2. The minimum absolute atomic E-state index is 0.0224. The van der Waals surface area contributed by atoms with E-state index in [2.05, 4.69) is 13.8 Å². The molecule has 2 aromatic carbocycles. The van der Waals surface area contributed by atoms with Crippen molar-refractivity contribution in [1.29, 1.82) is 0 Å². The lowest BCUT2D eigenvalue weighted by atomic mass is 9.88. The minimum Gasteiger partial charge on any atom is -0.487 e. The van der Waals surface area contributed by atoms with Gasteiger partial charge in [0.05, 0.1) is 0 Å². The number of fused-ring (bicyclic) bond motifs is 3. The summed E-state index contributed by atoms with van der Waals surface area (Å²) >= 11 is 6.32. The van der Waals surface area contributed by atoms with Crippen LogP contribution < -0.4 is 10.5 Å². The molecule has 0 saturated heterocycles. The lowest BCUT2D eigenvalue weighted by Gasteiger charge is -2.37. The van der Waals surface area contributed by atoms with E-state index in [1.807, 2.05) is 30.3 Å². The zero-order valence-corrected chi connectivity index (χ0v) is 11.3. The number of halogens is 1. The Hall–Kier alpha value is -1.25. The van der Waals surface area contributed by atoms with Crippen LogP contribution in [0.2, 0.25) is 5.02 Å². The highest BCUT2D eigenvalue weighted by atomic mass is 35.5. The third-order valence-corrected chi connectivity index (χ3v) is 3.78. The maximum Gasteiger partial charge on any atom is 0.132 e. The molecule has 0 fully saturated rings. The maximum atomic E-state index is 6.32. The molecule has 1 aliphatic heterocycles. The van der Waals surface area contributed by atoms with E-state index in [9.17, 15) is 0 Å². The summed E-state index contributed by atoms with van der Waals surface area (Å²) in [5.41, 5.74) is 7.02. The molecule has 2 aromatic rings.